The molecule has 0 bridgehead atoms. The molecule has 160 valence electrons. The first kappa shape index (κ1) is 20.3. The van der Waals surface area contributed by atoms with Crippen molar-refractivity contribution in [2.45, 2.75) is 18.9 Å². The van der Waals surface area contributed by atoms with Gasteiger partial charge in [-0.3, -0.25) is 4.74 Å². The van der Waals surface area contributed by atoms with Crippen molar-refractivity contribution in [3.63, 3.8) is 0 Å². The van der Waals surface area contributed by atoms with Gasteiger partial charge in [-0.05, 0) is 48.9 Å². The Bertz CT molecular complexity index is 1220. The molecule has 5 rings (SSSR count). The minimum Gasteiger partial charge on any atom is -0.310 e. The van der Waals surface area contributed by atoms with Crippen molar-refractivity contribution in [3.05, 3.63) is 114 Å². The van der Waals surface area contributed by atoms with Crippen LogP contribution in [0.25, 0.3) is 11.1 Å². The third kappa shape index (κ3) is 3.45. The van der Waals surface area contributed by atoms with Crippen molar-refractivity contribution in [3.8, 4) is 11.1 Å². The molecule has 4 aromatic carbocycles. The molecule has 0 amide bonds. The molecule has 0 saturated heterocycles. The van der Waals surface area contributed by atoms with Crippen molar-refractivity contribution < 1.29 is 17.9 Å². The van der Waals surface area contributed by atoms with Gasteiger partial charge < -0.3 is 4.90 Å². The molecular weight excluding hydrogens is 411 g/mol. The summed E-state index contributed by atoms with van der Waals surface area (Å²) in [5, 5.41) is 0. The Kier molecular flexibility index (Phi) is 4.79. The van der Waals surface area contributed by atoms with E-state index >= 15 is 0 Å². The van der Waals surface area contributed by atoms with E-state index in [1.165, 1.54) is 12.1 Å². The van der Waals surface area contributed by atoms with Gasteiger partial charge in [0.1, 0.15) is 0 Å². The lowest BCUT2D eigenvalue weighted by Gasteiger charge is -2.28. The highest BCUT2D eigenvalue weighted by Crippen LogP contribution is 2.51. The number of benzene rings is 4. The van der Waals surface area contributed by atoms with Crippen molar-refractivity contribution in [2.24, 2.45) is 0 Å². The van der Waals surface area contributed by atoms with Gasteiger partial charge in [-0.2, -0.15) is 8.78 Å². The maximum atomic E-state index is 14.6. The summed E-state index contributed by atoms with van der Waals surface area (Å²) in [5.41, 5.74) is 3.38. The summed E-state index contributed by atoms with van der Waals surface area (Å²) < 4.78 is 47.9. The lowest BCUT2D eigenvalue weighted by Crippen LogP contribution is -2.18. The first-order valence-corrected chi connectivity index (χ1v) is 10.3. The number of halogens is 3. The van der Waals surface area contributed by atoms with Crippen LogP contribution in [0.15, 0.2) is 103 Å². The van der Waals surface area contributed by atoms with Gasteiger partial charge in [0.2, 0.25) is 5.85 Å². The molecule has 4 aromatic rings. The second-order valence-electron chi connectivity index (χ2n) is 7.82. The zero-order valence-corrected chi connectivity index (χ0v) is 17.3. The molecule has 0 N–H and O–H groups in total. The van der Waals surface area contributed by atoms with Crippen LogP contribution >= 0.6 is 0 Å². The summed E-state index contributed by atoms with van der Waals surface area (Å²) in [4.78, 5) is 2.07. The molecule has 0 saturated carbocycles. The molecular formula is C27H20F3NO. The third-order valence-electron chi connectivity index (χ3n) is 5.62. The van der Waals surface area contributed by atoms with E-state index in [0.29, 0.717) is 5.56 Å². The van der Waals surface area contributed by atoms with E-state index in [1.54, 1.807) is 6.07 Å². The number of alkyl halides is 3. The monoisotopic (exact) mass is 431 g/mol. The topological polar surface area (TPSA) is 12.5 Å². The van der Waals surface area contributed by atoms with E-state index in [9.17, 15) is 13.2 Å². The number of hydrogen-bond acceptors (Lipinski definition) is 2. The second-order valence-corrected chi connectivity index (χ2v) is 7.82. The summed E-state index contributed by atoms with van der Waals surface area (Å²) in [6.07, 6.45) is -3.69. The van der Waals surface area contributed by atoms with Crippen LogP contribution in [0.5, 0.6) is 0 Å². The molecule has 5 heteroatoms. The molecule has 2 nitrogen and oxygen atoms in total. The summed E-state index contributed by atoms with van der Waals surface area (Å²) >= 11 is 0. The molecule has 1 aliphatic rings. The highest BCUT2D eigenvalue weighted by Gasteiger charge is 2.53. The Morgan fingerprint density at radius 2 is 1.22 bits per heavy atom. The van der Waals surface area contributed by atoms with E-state index in [4.69, 9.17) is 0 Å². The maximum Gasteiger partial charge on any atom is 0.386 e. The second kappa shape index (κ2) is 7.53. The lowest BCUT2D eigenvalue weighted by atomic mass is 9.95. The zero-order chi connectivity index (χ0) is 22.3. The number of rotatable bonds is 4. The predicted octanol–water partition coefficient (Wildman–Crippen LogP) is 8.05. The normalized spacial score (nSPS) is 18.9. The van der Waals surface area contributed by atoms with Gasteiger partial charge in [0.05, 0.1) is 11.3 Å². The zero-order valence-electron chi connectivity index (χ0n) is 17.3. The average Bonchev–Trinajstić information content (AvgIpc) is 2.99. The minimum atomic E-state index is -3.69. The van der Waals surface area contributed by atoms with Crippen molar-refractivity contribution in [1.82, 2.24) is 0 Å². The fraction of sp³-hybridized carbons (Fsp3) is 0.111. The maximum absolute atomic E-state index is 14.6. The molecule has 0 fully saturated rings. The van der Waals surface area contributed by atoms with Gasteiger partial charge in [-0.15, -0.1) is 0 Å². The fourth-order valence-corrected chi connectivity index (χ4v) is 4.19. The molecule has 0 aliphatic carbocycles. The fourth-order valence-electron chi connectivity index (χ4n) is 4.19. The van der Waals surface area contributed by atoms with Crippen molar-refractivity contribution in [2.75, 3.05) is 4.90 Å². The first-order chi connectivity index (χ1) is 15.4. The Morgan fingerprint density at radius 1 is 0.656 bits per heavy atom. The molecule has 0 aromatic heterocycles. The van der Waals surface area contributed by atoms with Crippen LogP contribution in [-0.2, 0) is 16.7 Å². The number of para-hydroxylation sites is 3. The highest BCUT2D eigenvalue weighted by atomic mass is 19.3. The largest absolute Gasteiger partial charge is 0.386 e. The van der Waals surface area contributed by atoms with Gasteiger partial charge in [0, 0.05) is 22.5 Å². The van der Waals surface area contributed by atoms with Gasteiger partial charge in [0.15, 0.2) is 0 Å². The van der Waals surface area contributed by atoms with E-state index in [0.717, 1.165) is 29.5 Å². The number of fused-ring (bicyclic) bond motifs is 1. The number of nitrogens with zero attached hydrogens (tertiary/aromatic N) is 1. The molecule has 1 unspecified atom stereocenters. The lowest BCUT2D eigenvalue weighted by molar-refractivity contribution is -0.319. The van der Waals surface area contributed by atoms with E-state index in [2.05, 4.69) is 9.64 Å². The van der Waals surface area contributed by atoms with E-state index in [-0.39, 0.29) is 5.56 Å². The van der Waals surface area contributed by atoms with E-state index < -0.39 is 17.5 Å². The molecule has 1 aliphatic heterocycles. The summed E-state index contributed by atoms with van der Waals surface area (Å²) in [7, 11) is 0. The molecule has 0 radical (unpaired) electrons. The predicted molar refractivity (Wildman–Crippen MR) is 120 cm³/mol. The van der Waals surface area contributed by atoms with Crippen LogP contribution in [0.4, 0.5) is 30.2 Å². The van der Waals surface area contributed by atoms with Crippen LogP contribution in [0.1, 0.15) is 18.1 Å². The molecule has 0 spiro atoms. The van der Waals surface area contributed by atoms with Gasteiger partial charge in [-0.1, -0.05) is 66.7 Å². The van der Waals surface area contributed by atoms with E-state index in [1.807, 2.05) is 84.9 Å². The number of hydrogen-bond donors (Lipinski definition) is 0. The number of anilines is 3. The van der Waals surface area contributed by atoms with Crippen LogP contribution in [0.2, 0.25) is 0 Å². The standard InChI is InChI=1S/C27H20F3NO/c1-26(28)23-17-16-19(18-24(23)27(29,30)32-26)22-14-8-9-15-25(22)31(20-10-4-2-5-11-20)21-12-6-3-7-13-21/h2-18H,1H3. The third-order valence-corrected chi connectivity index (χ3v) is 5.62. The Labute approximate surface area is 184 Å². The van der Waals surface area contributed by atoms with Crippen LogP contribution in [0.3, 0.4) is 0 Å². The molecule has 1 heterocycles. The van der Waals surface area contributed by atoms with Gasteiger partial charge in [-0.25, -0.2) is 4.39 Å². The smallest absolute Gasteiger partial charge is 0.310 e. The average molecular weight is 431 g/mol. The highest BCUT2D eigenvalue weighted by molar-refractivity contribution is 5.88. The van der Waals surface area contributed by atoms with Gasteiger partial charge in [0.25, 0.3) is 0 Å². The van der Waals surface area contributed by atoms with Crippen LogP contribution in [0, 0.1) is 0 Å². The van der Waals surface area contributed by atoms with Crippen LogP contribution in [-0.4, -0.2) is 0 Å². The molecule has 1 atom stereocenters. The summed E-state index contributed by atoms with van der Waals surface area (Å²) in [5.74, 6) is -2.53. The quantitative estimate of drug-likeness (QED) is 0.324. The Balaban J connectivity index is 1.70. The first-order valence-electron chi connectivity index (χ1n) is 10.3. The van der Waals surface area contributed by atoms with Crippen molar-refractivity contribution in [1.29, 1.82) is 0 Å². The Morgan fingerprint density at radius 3 is 1.84 bits per heavy atom. The SMILES string of the molecule is CC1(F)OC(F)(F)c2cc(-c3ccccc3N(c3ccccc3)c3ccccc3)ccc21. The van der Waals surface area contributed by atoms with Crippen LogP contribution < -0.4 is 4.90 Å². The molecule has 32 heavy (non-hydrogen) atoms. The Hall–Kier alpha value is -3.57. The number of ether oxygens (including phenoxy) is 1. The summed E-state index contributed by atoms with van der Waals surface area (Å²) in [6.45, 7) is 1.01. The van der Waals surface area contributed by atoms with Gasteiger partial charge >= 0.3 is 6.11 Å². The van der Waals surface area contributed by atoms with Crippen molar-refractivity contribution >= 4 is 17.1 Å². The minimum absolute atomic E-state index is 0.147. The summed E-state index contributed by atoms with van der Waals surface area (Å²) in [6, 6.07) is 31.6.